The molecule has 0 aliphatic heterocycles. The van der Waals surface area contributed by atoms with Gasteiger partial charge < -0.3 is 4.98 Å². The first-order valence-electron chi connectivity index (χ1n) is 7.26. The summed E-state index contributed by atoms with van der Waals surface area (Å²) in [6.45, 7) is 0. The number of hydrogen-bond donors (Lipinski definition) is 1. The number of rotatable bonds is 2. The molecule has 2 aromatic carbocycles. The summed E-state index contributed by atoms with van der Waals surface area (Å²) in [4.78, 5) is 7.02. The first-order chi connectivity index (χ1) is 12.3. The summed E-state index contributed by atoms with van der Waals surface area (Å²) in [5.74, 6) is -0.261. The smallest absolute Gasteiger partial charge is 0.335 e. The highest BCUT2D eigenvalue weighted by molar-refractivity contribution is 6.32. The van der Waals surface area contributed by atoms with Crippen molar-refractivity contribution in [3.63, 3.8) is 0 Å². The lowest BCUT2D eigenvalue weighted by atomic mass is 10.2. The third-order valence-electron chi connectivity index (χ3n) is 3.76. The Labute approximate surface area is 148 Å². The van der Waals surface area contributed by atoms with Crippen LogP contribution in [0.2, 0.25) is 5.02 Å². The maximum atomic E-state index is 13.7. The molecule has 0 saturated carbocycles. The first-order valence-corrected chi connectivity index (χ1v) is 7.64. The van der Waals surface area contributed by atoms with Gasteiger partial charge in [0.2, 0.25) is 5.82 Å². The Morgan fingerprint density at radius 3 is 2.69 bits per heavy atom. The molecule has 0 aliphatic rings. The van der Waals surface area contributed by atoms with Gasteiger partial charge in [-0.1, -0.05) is 17.7 Å². The minimum absolute atomic E-state index is 0.135. The van der Waals surface area contributed by atoms with Gasteiger partial charge in [0.25, 0.3) is 0 Å². The third-order valence-corrected chi connectivity index (χ3v) is 4.13. The molecule has 0 amide bonds. The molecule has 2 heterocycles. The van der Waals surface area contributed by atoms with Crippen LogP contribution in [0.5, 0.6) is 0 Å². The van der Waals surface area contributed by atoms with Gasteiger partial charge in [-0.2, -0.15) is 13.2 Å². The SMILES string of the molecule is Fc1cccc(-n2cnnc2-c2nc3ccc(C(F)(F)F)cc3[nH]2)c1Cl. The van der Waals surface area contributed by atoms with Gasteiger partial charge in [0, 0.05) is 0 Å². The van der Waals surface area contributed by atoms with E-state index in [2.05, 4.69) is 20.2 Å². The van der Waals surface area contributed by atoms with Crippen LogP contribution in [-0.4, -0.2) is 24.7 Å². The van der Waals surface area contributed by atoms with E-state index in [1.807, 2.05) is 0 Å². The zero-order chi connectivity index (χ0) is 18.5. The molecule has 0 saturated heterocycles. The number of halogens is 5. The second kappa shape index (κ2) is 5.80. The van der Waals surface area contributed by atoms with Crippen molar-refractivity contribution in [2.75, 3.05) is 0 Å². The van der Waals surface area contributed by atoms with E-state index in [9.17, 15) is 17.6 Å². The Kier molecular flexibility index (Phi) is 3.69. The van der Waals surface area contributed by atoms with E-state index in [0.29, 0.717) is 5.52 Å². The van der Waals surface area contributed by atoms with Gasteiger partial charge in [0.05, 0.1) is 22.3 Å². The summed E-state index contributed by atoms with van der Waals surface area (Å²) in [5.41, 5.74) is 0.000508. The fraction of sp³-hybridized carbons (Fsp3) is 0.0625. The quantitative estimate of drug-likeness (QED) is 0.515. The third kappa shape index (κ3) is 2.70. The summed E-state index contributed by atoms with van der Waals surface area (Å²) in [5, 5.41) is 7.55. The van der Waals surface area contributed by atoms with Crippen molar-refractivity contribution in [1.29, 1.82) is 0 Å². The van der Waals surface area contributed by atoms with Crippen LogP contribution < -0.4 is 0 Å². The lowest BCUT2D eigenvalue weighted by Gasteiger charge is -2.07. The molecule has 2 aromatic heterocycles. The summed E-state index contributed by atoms with van der Waals surface area (Å²) in [7, 11) is 0. The molecule has 0 fully saturated rings. The highest BCUT2D eigenvalue weighted by Crippen LogP contribution is 2.32. The van der Waals surface area contributed by atoms with Gasteiger partial charge in [-0.15, -0.1) is 10.2 Å². The lowest BCUT2D eigenvalue weighted by molar-refractivity contribution is -0.137. The number of nitrogens with one attached hydrogen (secondary N) is 1. The first kappa shape index (κ1) is 16.5. The van der Waals surface area contributed by atoms with Crippen molar-refractivity contribution in [2.45, 2.75) is 6.18 Å². The number of benzene rings is 2. The zero-order valence-electron chi connectivity index (χ0n) is 12.7. The van der Waals surface area contributed by atoms with Gasteiger partial charge in [-0.3, -0.25) is 4.57 Å². The molecule has 0 atom stereocenters. The van der Waals surface area contributed by atoms with Gasteiger partial charge in [0.1, 0.15) is 17.2 Å². The van der Waals surface area contributed by atoms with E-state index in [-0.39, 0.29) is 27.9 Å². The molecule has 4 aromatic rings. The normalized spacial score (nSPS) is 12.0. The molecule has 0 bridgehead atoms. The fourth-order valence-electron chi connectivity index (χ4n) is 2.54. The topological polar surface area (TPSA) is 59.4 Å². The van der Waals surface area contributed by atoms with Crippen molar-refractivity contribution in [3.8, 4) is 17.3 Å². The Balaban J connectivity index is 1.85. The number of imidazole rings is 1. The van der Waals surface area contributed by atoms with Crippen LogP contribution in [0.4, 0.5) is 17.6 Å². The number of H-pyrrole nitrogens is 1. The van der Waals surface area contributed by atoms with Gasteiger partial charge in [-0.05, 0) is 30.3 Å². The molecule has 0 radical (unpaired) electrons. The van der Waals surface area contributed by atoms with E-state index < -0.39 is 17.6 Å². The Morgan fingerprint density at radius 2 is 1.92 bits per heavy atom. The molecule has 1 N–H and O–H groups in total. The van der Waals surface area contributed by atoms with Gasteiger partial charge in [0.15, 0.2) is 5.82 Å². The minimum Gasteiger partial charge on any atom is -0.335 e. The number of aromatic nitrogens is 5. The second-order valence-corrected chi connectivity index (χ2v) is 5.79. The molecule has 26 heavy (non-hydrogen) atoms. The Bertz CT molecular complexity index is 1120. The van der Waals surface area contributed by atoms with Crippen molar-refractivity contribution in [1.82, 2.24) is 24.7 Å². The zero-order valence-corrected chi connectivity index (χ0v) is 13.5. The average molecular weight is 382 g/mol. The lowest BCUT2D eigenvalue weighted by Crippen LogP contribution is -2.04. The number of hydrogen-bond acceptors (Lipinski definition) is 3. The molecule has 0 aliphatic carbocycles. The number of fused-ring (bicyclic) bond motifs is 1. The highest BCUT2D eigenvalue weighted by atomic mass is 35.5. The van der Waals surface area contributed by atoms with Gasteiger partial charge in [-0.25, -0.2) is 9.37 Å². The summed E-state index contributed by atoms with van der Waals surface area (Å²) in [6.07, 6.45) is -3.15. The molecule has 132 valence electrons. The summed E-state index contributed by atoms with van der Waals surface area (Å²) >= 11 is 5.99. The van der Waals surface area contributed by atoms with Crippen LogP contribution in [0.3, 0.4) is 0 Å². The second-order valence-electron chi connectivity index (χ2n) is 5.41. The van der Waals surface area contributed by atoms with E-state index in [1.165, 1.54) is 29.1 Å². The van der Waals surface area contributed by atoms with E-state index in [4.69, 9.17) is 11.6 Å². The largest absolute Gasteiger partial charge is 0.416 e. The van der Waals surface area contributed by atoms with Crippen LogP contribution in [0.25, 0.3) is 28.4 Å². The van der Waals surface area contributed by atoms with Crippen LogP contribution in [-0.2, 0) is 6.18 Å². The van der Waals surface area contributed by atoms with Crippen molar-refractivity contribution in [2.24, 2.45) is 0 Å². The van der Waals surface area contributed by atoms with Crippen molar-refractivity contribution >= 4 is 22.6 Å². The van der Waals surface area contributed by atoms with Crippen LogP contribution in [0.15, 0.2) is 42.7 Å². The van der Waals surface area contributed by atoms with E-state index in [1.54, 1.807) is 6.07 Å². The molecule has 4 rings (SSSR count). The maximum Gasteiger partial charge on any atom is 0.416 e. The van der Waals surface area contributed by atoms with E-state index in [0.717, 1.165) is 12.1 Å². The molecule has 0 unspecified atom stereocenters. The number of nitrogens with zero attached hydrogens (tertiary/aromatic N) is 4. The minimum atomic E-state index is -4.46. The number of alkyl halides is 3. The van der Waals surface area contributed by atoms with Gasteiger partial charge >= 0.3 is 6.18 Å². The standard InChI is InChI=1S/C16H8ClF4N5/c17-13-9(18)2-1-3-12(13)26-7-22-25-15(26)14-23-10-5-4-8(16(19,20)21)6-11(10)24-14/h1-7H,(H,23,24). The number of aromatic amines is 1. The monoisotopic (exact) mass is 381 g/mol. The Morgan fingerprint density at radius 1 is 1.12 bits per heavy atom. The molecule has 0 spiro atoms. The predicted molar refractivity (Wildman–Crippen MR) is 86.4 cm³/mol. The highest BCUT2D eigenvalue weighted by Gasteiger charge is 2.31. The van der Waals surface area contributed by atoms with Crippen LogP contribution in [0.1, 0.15) is 5.56 Å². The Hall–Kier alpha value is -2.94. The summed E-state index contributed by atoms with van der Waals surface area (Å²) in [6, 6.07) is 7.39. The van der Waals surface area contributed by atoms with Crippen LogP contribution >= 0.6 is 11.6 Å². The maximum absolute atomic E-state index is 13.7. The fourth-order valence-corrected chi connectivity index (χ4v) is 2.76. The van der Waals surface area contributed by atoms with Crippen LogP contribution in [0, 0.1) is 5.82 Å². The predicted octanol–water partition coefficient (Wildman–Crippen LogP) is 4.62. The van der Waals surface area contributed by atoms with E-state index >= 15 is 0 Å². The van der Waals surface area contributed by atoms with Crippen molar-refractivity contribution < 1.29 is 17.6 Å². The molecule has 10 heteroatoms. The van der Waals surface area contributed by atoms with Crippen molar-refractivity contribution in [3.05, 3.63) is 59.1 Å². The molecular weight excluding hydrogens is 374 g/mol. The summed E-state index contributed by atoms with van der Waals surface area (Å²) < 4.78 is 53.7. The molecular formula is C16H8ClF4N5. The molecule has 5 nitrogen and oxygen atoms in total. The average Bonchev–Trinajstić information content (AvgIpc) is 3.21.